The van der Waals surface area contributed by atoms with Crippen molar-refractivity contribution in [1.29, 1.82) is 5.26 Å². The van der Waals surface area contributed by atoms with Crippen molar-refractivity contribution in [3.8, 4) is 17.5 Å². The minimum Gasteiger partial charge on any atom is -0.361 e. The normalized spacial score (nSPS) is 17.2. The molecule has 260 valence electrons. The summed E-state index contributed by atoms with van der Waals surface area (Å²) in [5.74, 6) is -0.507. The highest BCUT2D eigenvalue weighted by Crippen LogP contribution is 2.38. The molecule has 0 saturated carbocycles. The van der Waals surface area contributed by atoms with Crippen molar-refractivity contribution in [2.75, 3.05) is 38.1 Å². The first-order valence-corrected chi connectivity index (χ1v) is 19.9. The molecule has 0 atom stereocenters. The van der Waals surface area contributed by atoms with Gasteiger partial charge in [-0.3, -0.25) is 9.58 Å². The third-order valence-electron chi connectivity index (χ3n) is 9.26. The van der Waals surface area contributed by atoms with Gasteiger partial charge in [0.1, 0.15) is 23.7 Å². The number of carbonyl (C=O) groups is 1. The predicted molar refractivity (Wildman–Crippen MR) is 178 cm³/mol. The maximum absolute atomic E-state index is 13.5. The molecule has 2 amide bonds. The number of halogens is 4. The molecule has 6 rings (SSSR count). The van der Waals surface area contributed by atoms with Crippen molar-refractivity contribution in [2.24, 2.45) is 0 Å². The molecular formula is C33H39F4N9O2Si. The second-order valence-electron chi connectivity index (χ2n) is 14.1. The summed E-state index contributed by atoms with van der Waals surface area (Å²) in [7, 11) is -1.19. The lowest BCUT2D eigenvalue weighted by Crippen LogP contribution is -2.66. The molecule has 2 fully saturated rings. The molecule has 5 heterocycles. The van der Waals surface area contributed by atoms with E-state index in [0.717, 1.165) is 34.8 Å². The van der Waals surface area contributed by atoms with Crippen LogP contribution in [0, 0.1) is 17.1 Å². The number of amides is 2. The van der Waals surface area contributed by atoms with Crippen LogP contribution in [0.1, 0.15) is 24.8 Å². The molecule has 1 aromatic carbocycles. The number of ether oxygens (including phenoxy) is 1. The number of benzene rings is 1. The molecule has 0 unspecified atom stereocenters. The van der Waals surface area contributed by atoms with E-state index in [-0.39, 0.29) is 12.5 Å². The van der Waals surface area contributed by atoms with Crippen LogP contribution in [0.4, 0.5) is 28.0 Å². The first-order valence-electron chi connectivity index (χ1n) is 16.2. The van der Waals surface area contributed by atoms with Crippen LogP contribution < -0.4 is 5.32 Å². The molecule has 1 N–H and O–H groups in total. The summed E-state index contributed by atoms with van der Waals surface area (Å²) in [5, 5.41) is 17.6. The predicted octanol–water partition coefficient (Wildman–Crippen LogP) is 6.39. The van der Waals surface area contributed by atoms with Crippen molar-refractivity contribution in [3.05, 3.63) is 60.4 Å². The number of likely N-dealkylation sites (tertiary alicyclic amines) is 2. The van der Waals surface area contributed by atoms with E-state index in [0.29, 0.717) is 64.2 Å². The number of piperidine rings is 1. The number of nitrogens with zero attached hydrogens (tertiary/aromatic N) is 8. The standard InChI is InChI=1S/C33H39F4N9O2Si/c1-49(2,3)15-14-48-22-44-11-6-23-17-39-29(42-30(23)44)24-18-40-46(19-24)32(9-10-38)20-45(21-32)26-7-12-43(13-8-26)31(47)41-28-5-4-25(34)16-27(28)33(35,36)37/h4-6,11,16-19,26H,7-9,12-15,20-22H2,1-3H3,(H,41,47). The average Bonchev–Trinajstić information content (AvgIpc) is 3.69. The number of fused-ring (bicyclic) bond motifs is 1. The third kappa shape index (κ3) is 7.63. The zero-order valence-corrected chi connectivity index (χ0v) is 28.7. The van der Waals surface area contributed by atoms with Crippen LogP contribution in [-0.4, -0.2) is 87.0 Å². The highest BCUT2D eigenvalue weighted by atomic mass is 28.3. The van der Waals surface area contributed by atoms with Gasteiger partial charge in [0.25, 0.3) is 0 Å². The fraction of sp³-hybridized carbons (Fsp3) is 0.485. The number of aromatic nitrogens is 5. The molecule has 16 heteroatoms. The molecule has 11 nitrogen and oxygen atoms in total. The van der Waals surface area contributed by atoms with Crippen molar-refractivity contribution in [1.82, 2.24) is 34.1 Å². The Kier molecular flexibility index (Phi) is 9.53. The van der Waals surface area contributed by atoms with E-state index in [1.54, 1.807) is 12.4 Å². The van der Waals surface area contributed by atoms with Gasteiger partial charge in [0.05, 0.1) is 35.5 Å². The van der Waals surface area contributed by atoms with E-state index < -0.39 is 42.9 Å². The Balaban J connectivity index is 1.06. The molecule has 3 aromatic heterocycles. The molecule has 0 spiro atoms. The minimum absolute atomic E-state index is 0.133. The number of hydrogen-bond acceptors (Lipinski definition) is 7. The highest BCUT2D eigenvalue weighted by Gasteiger charge is 2.48. The van der Waals surface area contributed by atoms with Gasteiger partial charge >= 0.3 is 12.2 Å². The largest absolute Gasteiger partial charge is 0.418 e. The monoisotopic (exact) mass is 697 g/mol. The highest BCUT2D eigenvalue weighted by molar-refractivity contribution is 6.76. The summed E-state index contributed by atoms with van der Waals surface area (Å²) in [6.07, 6.45) is 3.99. The topological polar surface area (TPSA) is 117 Å². The number of hydrogen-bond donors (Lipinski definition) is 1. The molecular weight excluding hydrogens is 659 g/mol. The van der Waals surface area contributed by atoms with Gasteiger partial charge in [-0.25, -0.2) is 19.2 Å². The maximum atomic E-state index is 13.5. The first kappa shape index (κ1) is 34.5. The fourth-order valence-electron chi connectivity index (χ4n) is 6.39. The van der Waals surface area contributed by atoms with Gasteiger partial charge in [-0.15, -0.1) is 0 Å². The van der Waals surface area contributed by atoms with Crippen LogP contribution >= 0.6 is 0 Å². The summed E-state index contributed by atoms with van der Waals surface area (Å²) < 4.78 is 63.4. The van der Waals surface area contributed by atoms with Crippen LogP contribution in [-0.2, 0) is 23.2 Å². The Bertz CT molecular complexity index is 1850. The van der Waals surface area contributed by atoms with Crippen LogP contribution in [0.5, 0.6) is 0 Å². The van der Waals surface area contributed by atoms with Crippen molar-refractivity contribution in [3.63, 3.8) is 0 Å². The minimum atomic E-state index is -4.81. The average molecular weight is 698 g/mol. The van der Waals surface area contributed by atoms with Crippen LogP contribution in [0.15, 0.2) is 49.1 Å². The quantitative estimate of drug-likeness (QED) is 0.116. The fourth-order valence-corrected chi connectivity index (χ4v) is 7.15. The molecule has 2 aliphatic rings. The molecule has 0 radical (unpaired) electrons. The molecule has 0 bridgehead atoms. The van der Waals surface area contributed by atoms with E-state index >= 15 is 0 Å². The van der Waals surface area contributed by atoms with Crippen molar-refractivity contribution >= 4 is 30.8 Å². The molecule has 0 aliphatic carbocycles. The first-order chi connectivity index (χ1) is 23.2. The zero-order valence-electron chi connectivity index (χ0n) is 27.7. The zero-order chi connectivity index (χ0) is 35.0. The second-order valence-corrected chi connectivity index (χ2v) is 19.7. The van der Waals surface area contributed by atoms with Gasteiger partial charge < -0.3 is 19.5 Å². The van der Waals surface area contributed by atoms with Crippen molar-refractivity contribution in [2.45, 2.75) is 69.4 Å². The van der Waals surface area contributed by atoms with Crippen LogP contribution in [0.2, 0.25) is 25.7 Å². The summed E-state index contributed by atoms with van der Waals surface area (Å²) in [4.78, 5) is 25.9. The summed E-state index contributed by atoms with van der Waals surface area (Å²) in [6, 6.07) is 7.00. The Morgan fingerprint density at radius 1 is 1.16 bits per heavy atom. The summed E-state index contributed by atoms with van der Waals surface area (Å²) in [5.41, 5.74) is -0.742. The number of urea groups is 1. The van der Waals surface area contributed by atoms with E-state index in [9.17, 15) is 27.6 Å². The lowest BCUT2D eigenvalue weighted by molar-refractivity contribution is -0.137. The number of nitriles is 1. The van der Waals surface area contributed by atoms with Gasteiger partial charge in [-0.05, 0) is 43.2 Å². The number of rotatable bonds is 10. The van der Waals surface area contributed by atoms with Gasteiger partial charge in [0, 0.05) is 70.9 Å². The van der Waals surface area contributed by atoms with Gasteiger partial charge in [0.15, 0.2) is 5.82 Å². The lowest BCUT2D eigenvalue weighted by atomic mass is 9.84. The second kappa shape index (κ2) is 13.5. The van der Waals surface area contributed by atoms with Crippen molar-refractivity contribution < 1.29 is 27.1 Å². The lowest BCUT2D eigenvalue weighted by Gasteiger charge is -2.53. The van der Waals surface area contributed by atoms with Gasteiger partial charge in [-0.2, -0.15) is 23.5 Å². The van der Waals surface area contributed by atoms with E-state index in [4.69, 9.17) is 9.72 Å². The number of alkyl halides is 3. The van der Waals surface area contributed by atoms with E-state index in [1.165, 1.54) is 4.90 Å². The van der Waals surface area contributed by atoms with E-state index in [2.05, 4.69) is 46.0 Å². The molecule has 4 aromatic rings. The Labute approximate surface area is 282 Å². The Morgan fingerprint density at radius 3 is 2.61 bits per heavy atom. The SMILES string of the molecule is C[Si](C)(C)CCOCn1ccc2cnc(-c3cnn(C4(CC#N)CN(C5CCN(C(=O)Nc6ccc(F)cc6C(F)(F)F)CC5)C4)c3)nc21. The van der Waals surface area contributed by atoms with Crippen LogP contribution in [0.25, 0.3) is 22.4 Å². The Morgan fingerprint density at radius 2 is 1.92 bits per heavy atom. The molecule has 49 heavy (non-hydrogen) atoms. The third-order valence-corrected chi connectivity index (χ3v) is 11.0. The summed E-state index contributed by atoms with van der Waals surface area (Å²) >= 11 is 0. The van der Waals surface area contributed by atoms with Gasteiger partial charge in [-0.1, -0.05) is 19.6 Å². The number of carbonyl (C=O) groups excluding carboxylic acids is 1. The molecule has 2 aliphatic heterocycles. The summed E-state index contributed by atoms with van der Waals surface area (Å²) in [6.45, 7) is 9.92. The smallest absolute Gasteiger partial charge is 0.361 e. The van der Waals surface area contributed by atoms with Gasteiger partial charge in [0.2, 0.25) is 0 Å². The Hall–Kier alpha value is -4.33. The number of anilines is 1. The van der Waals surface area contributed by atoms with Crippen LogP contribution in [0.3, 0.4) is 0 Å². The van der Waals surface area contributed by atoms with E-state index in [1.807, 2.05) is 27.7 Å². The maximum Gasteiger partial charge on any atom is 0.418 e. The number of nitrogens with one attached hydrogen (secondary N) is 1. The molecule has 2 saturated heterocycles.